The van der Waals surface area contributed by atoms with Crippen LogP contribution in [0, 0.1) is 0 Å². The summed E-state index contributed by atoms with van der Waals surface area (Å²) < 4.78 is 10.8. The zero-order valence-corrected chi connectivity index (χ0v) is 15.0. The molecule has 0 radical (unpaired) electrons. The topological polar surface area (TPSA) is 101 Å². The Bertz CT molecular complexity index is 938. The monoisotopic (exact) mass is 365 g/mol. The summed E-state index contributed by atoms with van der Waals surface area (Å²) in [6, 6.07) is 10.7. The van der Waals surface area contributed by atoms with Gasteiger partial charge in [0.15, 0.2) is 11.5 Å². The van der Waals surface area contributed by atoms with Gasteiger partial charge in [0.1, 0.15) is 5.69 Å². The van der Waals surface area contributed by atoms with Crippen LogP contribution in [0.15, 0.2) is 53.9 Å². The number of aromatic nitrogens is 3. The molecule has 3 rings (SSSR count). The maximum Gasteiger partial charge on any atom is 0.289 e. The normalized spacial score (nSPS) is 10.7. The van der Waals surface area contributed by atoms with Crippen LogP contribution in [0.5, 0.6) is 11.5 Å². The van der Waals surface area contributed by atoms with Gasteiger partial charge in [0, 0.05) is 23.5 Å². The molecule has 0 fully saturated rings. The van der Waals surface area contributed by atoms with Gasteiger partial charge in [0.05, 0.1) is 25.6 Å². The van der Waals surface area contributed by atoms with Crippen LogP contribution in [-0.2, 0) is 0 Å². The number of H-pyrrole nitrogens is 1. The van der Waals surface area contributed by atoms with Crippen LogP contribution >= 0.6 is 0 Å². The van der Waals surface area contributed by atoms with E-state index in [0.29, 0.717) is 29.5 Å². The molecule has 1 amide bonds. The molecule has 8 heteroatoms. The third kappa shape index (κ3) is 4.49. The first-order chi connectivity index (χ1) is 13.2. The molecule has 0 saturated carbocycles. The number of hydrazone groups is 1. The van der Waals surface area contributed by atoms with E-state index in [2.05, 4.69) is 25.7 Å². The number of methoxy groups -OCH3 is 1. The van der Waals surface area contributed by atoms with Crippen molar-refractivity contribution in [2.75, 3.05) is 13.7 Å². The summed E-state index contributed by atoms with van der Waals surface area (Å²) in [5, 5.41) is 10.8. The third-order valence-electron chi connectivity index (χ3n) is 3.65. The summed E-state index contributed by atoms with van der Waals surface area (Å²) in [6.45, 7) is 2.45. The number of hydrogen-bond acceptors (Lipinski definition) is 6. The minimum Gasteiger partial charge on any atom is -0.493 e. The summed E-state index contributed by atoms with van der Waals surface area (Å²) in [7, 11) is 1.57. The van der Waals surface area contributed by atoms with Crippen LogP contribution in [0.1, 0.15) is 23.0 Å². The highest BCUT2D eigenvalue weighted by Crippen LogP contribution is 2.32. The molecule has 0 aliphatic carbocycles. The molecule has 138 valence electrons. The van der Waals surface area contributed by atoms with Crippen LogP contribution < -0.4 is 14.9 Å². The highest BCUT2D eigenvalue weighted by molar-refractivity contribution is 5.94. The smallest absolute Gasteiger partial charge is 0.289 e. The highest BCUT2D eigenvalue weighted by atomic mass is 16.5. The van der Waals surface area contributed by atoms with Gasteiger partial charge in [-0.15, -0.1) is 0 Å². The van der Waals surface area contributed by atoms with Crippen LogP contribution in [0.2, 0.25) is 0 Å². The molecule has 2 aromatic heterocycles. The number of nitrogens with zero attached hydrogens (tertiary/aromatic N) is 3. The number of aromatic amines is 1. The molecule has 0 unspecified atom stereocenters. The van der Waals surface area contributed by atoms with Crippen LogP contribution in [0.3, 0.4) is 0 Å². The minimum atomic E-state index is -0.396. The standard InChI is InChI=1S/C19H19N5O3/c1-3-27-17-7-6-14(9-18(17)26-2)15-10-16(23-22-15)19(25)24-21-12-13-5-4-8-20-11-13/h4-12H,3H2,1-2H3,(H,22,23)(H,24,25)/b21-12+. The maximum atomic E-state index is 12.2. The van der Waals surface area contributed by atoms with E-state index in [-0.39, 0.29) is 0 Å². The molecule has 27 heavy (non-hydrogen) atoms. The minimum absolute atomic E-state index is 0.293. The van der Waals surface area contributed by atoms with Crippen molar-refractivity contribution in [1.82, 2.24) is 20.6 Å². The van der Waals surface area contributed by atoms with E-state index in [0.717, 1.165) is 11.1 Å². The fourth-order valence-corrected chi connectivity index (χ4v) is 2.37. The van der Waals surface area contributed by atoms with Crippen molar-refractivity contribution in [3.05, 3.63) is 60.0 Å². The lowest BCUT2D eigenvalue weighted by Gasteiger charge is -2.09. The summed E-state index contributed by atoms with van der Waals surface area (Å²) in [5.74, 6) is 0.859. The van der Waals surface area contributed by atoms with Gasteiger partial charge in [-0.2, -0.15) is 10.2 Å². The largest absolute Gasteiger partial charge is 0.493 e. The Labute approximate surface area is 156 Å². The lowest BCUT2D eigenvalue weighted by Crippen LogP contribution is -2.18. The number of carbonyl (C=O) groups excluding carboxylic acids is 1. The van der Waals surface area contributed by atoms with Crippen molar-refractivity contribution in [3.8, 4) is 22.8 Å². The number of carbonyl (C=O) groups is 1. The Hall–Kier alpha value is -3.68. The molecule has 0 bridgehead atoms. The zero-order valence-electron chi connectivity index (χ0n) is 15.0. The molecule has 8 nitrogen and oxygen atoms in total. The van der Waals surface area contributed by atoms with Crippen LogP contribution in [0.4, 0.5) is 0 Å². The maximum absolute atomic E-state index is 12.2. The number of amides is 1. The van der Waals surface area contributed by atoms with Crippen LogP contribution in [-0.4, -0.2) is 41.0 Å². The molecular weight excluding hydrogens is 346 g/mol. The number of rotatable bonds is 7. The Balaban J connectivity index is 1.70. The number of benzene rings is 1. The van der Waals surface area contributed by atoms with Gasteiger partial charge in [0.2, 0.25) is 0 Å². The summed E-state index contributed by atoms with van der Waals surface area (Å²) in [4.78, 5) is 16.2. The van der Waals surface area contributed by atoms with Crippen molar-refractivity contribution < 1.29 is 14.3 Å². The molecule has 3 aromatic rings. The van der Waals surface area contributed by atoms with Gasteiger partial charge in [-0.25, -0.2) is 5.43 Å². The fourth-order valence-electron chi connectivity index (χ4n) is 2.37. The van der Waals surface area contributed by atoms with E-state index in [1.54, 1.807) is 31.6 Å². The van der Waals surface area contributed by atoms with E-state index >= 15 is 0 Å². The second-order valence-electron chi connectivity index (χ2n) is 5.45. The van der Waals surface area contributed by atoms with E-state index < -0.39 is 5.91 Å². The third-order valence-corrected chi connectivity index (χ3v) is 3.65. The lowest BCUT2D eigenvalue weighted by molar-refractivity contribution is 0.0950. The first kappa shape index (κ1) is 18.1. The molecular formula is C19H19N5O3. The molecule has 2 N–H and O–H groups in total. The molecule has 2 heterocycles. The average molecular weight is 365 g/mol. The quantitative estimate of drug-likeness (QED) is 0.495. The van der Waals surface area contributed by atoms with E-state index in [1.165, 1.54) is 6.21 Å². The Morgan fingerprint density at radius 2 is 2.19 bits per heavy atom. The Morgan fingerprint density at radius 3 is 2.93 bits per heavy atom. The average Bonchev–Trinajstić information content (AvgIpc) is 3.19. The lowest BCUT2D eigenvalue weighted by atomic mass is 10.1. The Kier molecular flexibility index (Phi) is 5.78. The first-order valence-electron chi connectivity index (χ1n) is 8.31. The highest BCUT2D eigenvalue weighted by Gasteiger charge is 2.12. The van der Waals surface area contributed by atoms with Gasteiger partial charge < -0.3 is 9.47 Å². The van der Waals surface area contributed by atoms with Gasteiger partial charge in [-0.1, -0.05) is 6.07 Å². The van der Waals surface area contributed by atoms with Crippen molar-refractivity contribution in [1.29, 1.82) is 0 Å². The Morgan fingerprint density at radius 1 is 1.30 bits per heavy atom. The first-order valence-corrected chi connectivity index (χ1v) is 8.31. The van der Waals surface area contributed by atoms with Crippen molar-refractivity contribution in [2.45, 2.75) is 6.92 Å². The van der Waals surface area contributed by atoms with Crippen LogP contribution in [0.25, 0.3) is 11.3 Å². The molecule has 0 aliphatic heterocycles. The number of ether oxygens (including phenoxy) is 2. The summed E-state index contributed by atoms with van der Waals surface area (Å²) in [6.07, 6.45) is 4.82. The molecule has 0 saturated heterocycles. The second-order valence-corrected chi connectivity index (χ2v) is 5.45. The number of nitrogens with one attached hydrogen (secondary N) is 2. The van der Waals surface area contributed by atoms with E-state index in [1.807, 2.05) is 31.2 Å². The second kappa shape index (κ2) is 8.61. The van der Waals surface area contributed by atoms with Crippen molar-refractivity contribution in [2.24, 2.45) is 5.10 Å². The fraction of sp³-hybridized carbons (Fsp3) is 0.158. The molecule has 0 spiro atoms. The number of hydrogen-bond donors (Lipinski definition) is 2. The van der Waals surface area contributed by atoms with Gasteiger partial charge in [-0.05, 0) is 37.3 Å². The predicted molar refractivity (Wildman–Crippen MR) is 101 cm³/mol. The van der Waals surface area contributed by atoms with Crippen molar-refractivity contribution in [3.63, 3.8) is 0 Å². The molecule has 0 atom stereocenters. The molecule has 0 aliphatic rings. The summed E-state index contributed by atoms with van der Waals surface area (Å²) in [5.41, 5.74) is 4.93. The SMILES string of the molecule is CCOc1ccc(-c2cc(C(=O)N/N=C/c3cccnc3)[nH]n2)cc1OC. The van der Waals surface area contributed by atoms with E-state index in [9.17, 15) is 4.79 Å². The summed E-state index contributed by atoms with van der Waals surface area (Å²) >= 11 is 0. The zero-order chi connectivity index (χ0) is 19.1. The van der Waals surface area contributed by atoms with Gasteiger partial charge in [0.25, 0.3) is 5.91 Å². The van der Waals surface area contributed by atoms with Gasteiger partial charge >= 0.3 is 0 Å². The number of pyridine rings is 1. The van der Waals surface area contributed by atoms with Gasteiger partial charge in [-0.3, -0.25) is 14.9 Å². The van der Waals surface area contributed by atoms with Crippen molar-refractivity contribution >= 4 is 12.1 Å². The van der Waals surface area contributed by atoms with E-state index in [4.69, 9.17) is 9.47 Å². The predicted octanol–water partition coefficient (Wildman–Crippen LogP) is 2.64. The molecule has 1 aromatic carbocycles.